The second-order valence-corrected chi connectivity index (χ2v) is 10.0. The Morgan fingerprint density at radius 2 is 1.72 bits per heavy atom. The number of amides is 1. The molecule has 1 fully saturated rings. The lowest BCUT2D eigenvalue weighted by molar-refractivity contribution is -0.124. The zero-order valence-electron chi connectivity index (χ0n) is 22.0. The Morgan fingerprint density at radius 3 is 2.38 bits per heavy atom. The molecule has 39 heavy (non-hydrogen) atoms. The van der Waals surface area contributed by atoms with E-state index in [1.807, 2.05) is 36.8 Å². The molecule has 1 aliphatic heterocycles. The molecule has 3 aromatic carbocycles. The van der Waals surface area contributed by atoms with Gasteiger partial charge in [0, 0.05) is 63.5 Å². The van der Waals surface area contributed by atoms with Crippen molar-refractivity contribution < 1.29 is 4.79 Å². The van der Waals surface area contributed by atoms with Crippen molar-refractivity contribution in [2.45, 2.75) is 24.9 Å². The fourth-order valence-electron chi connectivity index (χ4n) is 5.20. The van der Waals surface area contributed by atoms with Gasteiger partial charge in [0.1, 0.15) is 0 Å². The van der Waals surface area contributed by atoms with E-state index in [-0.39, 0.29) is 17.9 Å². The quantitative estimate of drug-likeness (QED) is 0.335. The number of hydrogen-bond acceptors (Lipinski definition) is 5. The van der Waals surface area contributed by atoms with Gasteiger partial charge in [-0.25, -0.2) is 4.98 Å². The summed E-state index contributed by atoms with van der Waals surface area (Å²) in [7, 11) is 0. The van der Waals surface area contributed by atoms with Gasteiger partial charge in [0.15, 0.2) is 0 Å². The summed E-state index contributed by atoms with van der Waals surface area (Å²) < 4.78 is 2.08. The molecule has 7 nitrogen and oxygen atoms in total. The van der Waals surface area contributed by atoms with Gasteiger partial charge in [-0.1, -0.05) is 72.8 Å². The average Bonchev–Trinajstić information content (AvgIpc) is 3.44. The molecular formula is C32H34N6O. The summed E-state index contributed by atoms with van der Waals surface area (Å²) in [4.78, 5) is 19.8. The first-order valence-corrected chi connectivity index (χ1v) is 13.5. The smallest absolute Gasteiger partial charge is 0.238 e. The number of rotatable bonds is 10. The van der Waals surface area contributed by atoms with Gasteiger partial charge in [-0.3, -0.25) is 9.69 Å². The van der Waals surface area contributed by atoms with E-state index in [2.05, 4.69) is 91.8 Å². The van der Waals surface area contributed by atoms with Crippen molar-refractivity contribution in [2.75, 3.05) is 32.7 Å². The highest BCUT2D eigenvalue weighted by atomic mass is 16.2. The number of benzene rings is 3. The summed E-state index contributed by atoms with van der Waals surface area (Å²) in [5.74, 6) is 0.291. The first-order valence-electron chi connectivity index (χ1n) is 13.5. The predicted molar refractivity (Wildman–Crippen MR) is 152 cm³/mol. The van der Waals surface area contributed by atoms with Gasteiger partial charge in [0.25, 0.3) is 0 Å². The van der Waals surface area contributed by atoms with Gasteiger partial charge in [-0.15, -0.1) is 0 Å². The van der Waals surface area contributed by atoms with Crippen molar-refractivity contribution in [3.05, 3.63) is 125 Å². The van der Waals surface area contributed by atoms with E-state index in [1.54, 1.807) is 0 Å². The molecule has 1 atom stereocenters. The molecule has 198 valence electrons. The Bertz CT molecular complexity index is 1340. The SMILES string of the molecule is N#Cc1ccc(Cn2cncc2CCNC(=O)C2CN(CC(c3ccccc3)c3ccccc3)CCN2)cc1. The maximum absolute atomic E-state index is 13.1. The lowest BCUT2D eigenvalue weighted by Crippen LogP contribution is -2.57. The topological polar surface area (TPSA) is 86.0 Å². The van der Waals surface area contributed by atoms with E-state index in [0.29, 0.717) is 31.6 Å². The minimum atomic E-state index is -0.241. The van der Waals surface area contributed by atoms with Crippen molar-refractivity contribution in [3.8, 4) is 6.07 Å². The number of nitrogens with one attached hydrogen (secondary N) is 2. The Hall–Kier alpha value is -4.25. The maximum Gasteiger partial charge on any atom is 0.238 e. The lowest BCUT2D eigenvalue weighted by Gasteiger charge is -2.35. The zero-order chi connectivity index (χ0) is 26.9. The van der Waals surface area contributed by atoms with E-state index < -0.39 is 0 Å². The Balaban J connectivity index is 1.15. The number of piperazine rings is 1. The molecule has 1 unspecified atom stereocenters. The zero-order valence-corrected chi connectivity index (χ0v) is 22.0. The molecular weight excluding hydrogens is 484 g/mol. The fraction of sp³-hybridized carbons (Fsp3) is 0.281. The molecule has 0 aliphatic carbocycles. The van der Waals surface area contributed by atoms with Crippen LogP contribution in [0.25, 0.3) is 0 Å². The third-order valence-corrected chi connectivity index (χ3v) is 7.34. The van der Waals surface area contributed by atoms with Crippen LogP contribution in [-0.4, -0.2) is 59.1 Å². The number of nitriles is 1. The summed E-state index contributed by atoms with van der Waals surface area (Å²) in [5, 5.41) is 15.5. The van der Waals surface area contributed by atoms with Crippen molar-refractivity contribution in [2.24, 2.45) is 0 Å². The van der Waals surface area contributed by atoms with Crippen LogP contribution in [-0.2, 0) is 17.8 Å². The summed E-state index contributed by atoms with van der Waals surface area (Å²) >= 11 is 0. The van der Waals surface area contributed by atoms with Crippen LogP contribution in [0, 0.1) is 11.3 Å². The van der Waals surface area contributed by atoms with Gasteiger partial charge in [0.05, 0.1) is 24.0 Å². The number of imidazole rings is 1. The van der Waals surface area contributed by atoms with Crippen LogP contribution in [0.2, 0.25) is 0 Å². The molecule has 0 saturated carbocycles. The van der Waals surface area contributed by atoms with Crippen LogP contribution >= 0.6 is 0 Å². The first-order chi connectivity index (χ1) is 19.2. The van der Waals surface area contributed by atoms with Crippen molar-refractivity contribution in [1.29, 1.82) is 5.26 Å². The largest absolute Gasteiger partial charge is 0.354 e. The molecule has 2 N–H and O–H groups in total. The highest BCUT2D eigenvalue weighted by Crippen LogP contribution is 2.26. The molecule has 0 bridgehead atoms. The molecule has 5 rings (SSSR count). The maximum atomic E-state index is 13.1. The predicted octanol–water partition coefficient (Wildman–Crippen LogP) is 3.57. The number of carbonyl (C=O) groups is 1. The lowest BCUT2D eigenvalue weighted by atomic mass is 9.90. The van der Waals surface area contributed by atoms with E-state index in [1.165, 1.54) is 11.1 Å². The summed E-state index contributed by atoms with van der Waals surface area (Å²) in [6.45, 7) is 4.47. The summed E-state index contributed by atoms with van der Waals surface area (Å²) in [6.07, 6.45) is 4.36. The molecule has 2 heterocycles. The molecule has 1 aromatic heterocycles. The standard InChI is InChI=1S/C32H34N6O/c33-19-25-11-13-26(14-12-25)21-38-24-34-20-29(38)15-16-36-32(39)31-23-37(18-17-35-31)22-30(27-7-3-1-4-8-27)28-9-5-2-6-10-28/h1-14,20,24,30-31,35H,15-18,21-23H2,(H,36,39). The molecule has 1 saturated heterocycles. The van der Waals surface area contributed by atoms with Crippen LogP contribution in [0.3, 0.4) is 0 Å². The number of aromatic nitrogens is 2. The molecule has 4 aromatic rings. The van der Waals surface area contributed by atoms with Crippen LogP contribution in [0.5, 0.6) is 0 Å². The average molecular weight is 519 g/mol. The summed E-state index contributed by atoms with van der Waals surface area (Å²) in [6, 6.07) is 30.7. The highest BCUT2D eigenvalue weighted by Gasteiger charge is 2.27. The van der Waals surface area contributed by atoms with Crippen molar-refractivity contribution in [3.63, 3.8) is 0 Å². The third-order valence-electron chi connectivity index (χ3n) is 7.34. The van der Waals surface area contributed by atoms with Gasteiger partial charge < -0.3 is 15.2 Å². The second-order valence-electron chi connectivity index (χ2n) is 10.0. The van der Waals surface area contributed by atoms with Gasteiger partial charge in [-0.2, -0.15) is 5.26 Å². The van der Waals surface area contributed by atoms with Crippen LogP contribution < -0.4 is 10.6 Å². The van der Waals surface area contributed by atoms with E-state index in [0.717, 1.165) is 30.9 Å². The minimum Gasteiger partial charge on any atom is -0.354 e. The van der Waals surface area contributed by atoms with Gasteiger partial charge >= 0.3 is 0 Å². The van der Waals surface area contributed by atoms with Gasteiger partial charge in [0.2, 0.25) is 5.91 Å². The fourth-order valence-corrected chi connectivity index (χ4v) is 5.20. The van der Waals surface area contributed by atoms with Crippen LogP contribution in [0.15, 0.2) is 97.5 Å². The van der Waals surface area contributed by atoms with Gasteiger partial charge in [-0.05, 0) is 28.8 Å². The van der Waals surface area contributed by atoms with Crippen molar-refractivity contribution in [1.82, 2.24) is 25.1 Å². The van der Waals surface area contributed by atoms with Crippen molar-refractivity contribution >= 4 is 5.91 Å². The monoisotopic (exact) mass is 518 g/mol. The van der Waals surface area contributed by atoms with E-state index >= 15 is 0 Å². The summed E-state index contributed by atoms with van der Waals surface area (Å²) in [5.41, 5.74) is 5.40. The molecule has 7 heteroatoms. The molecule has 1 amide bonds. The van der Waals surface area contributed by atoms with E-state index in [9.17, 15) is 4.79 Å². The molecule has 1 aliphatic rings. The second kappa shape index (κ2) is 13.0. The number of carbonyl (C=O) groups excluding carboxylic acids is 1. The Kier molecular flexibility index (Phi) is 8.79. The Labute approximate surface area is 230 Å². The molecule has 0 spiro atoms. The Morgan fingerprint density at radius 1 is 1.03 bits per heavy atom. The number of hydrogen-bond donors (Lipinski definition) is 2. The highest BCUT2D eigenvalue weighted by molar-refractivity contribution is 5.82. The van der Waals surface area contributed by atoms with Crippen LogP contribution in [0.1, 0.15) is 33.9 Å². The van der Waals surface area contributed by atoms with Crippen LogP contribution in [0.4, 0.5) is 0 Å². The van der Waals surface area contributed by atoms with E-state index in [4.69, 9.17) is 5.26 Å². The third kappa shape index (κ3) is 6.99. The first kappa shape index (κ1) is 26.4. The minimum absolute atomic E-state index is 0.0360. The normalized spacial score (nSPS) is 15.6. The number of nitrogens with zero attached hydrogens (tertiary/aromatic N) is 4. The molecule has 0 radical (unpaired) electrons.